The van der Waals surface area contributed by atoms with Crippen LogP contribution >= 0.6 is 0 Å². The molecule has 1 heterocycles. The lowest BCUT2D eigenvalue weighted by atomic mass is 9.94. The molecule has 0 radical (unpaired) electrons. The summed E-state index contributed by atoms with van der Waals surface area (Å²) < 4.78 is 0. The van der Waals surface area contributed by atoms with Crippen molar-refractivity contribution in [1.82, 2.24) is 15.1 Å². The fraction of sp³-hybridized carbons (Fsp3) is 0.455. The van der Waals surface area contributed by atoms with Gasteiger partial charge < -0.3 is 20.9 Å². The van der Waals surface area contributed by atoms with E-state index >= 15 is 0 Å². The number of nitrogens with one attached hydrogen (secondary N) is 3. The van der Waals surface area contributed by atoms with Crippen molar-refractivity contribution in [2.45, 2.75) is 26.2 Å². The molecule has 3 rings (SSSR count). The van der Waals surface area contributed by atoms with Crippen molar-refractivity contribution in [3.8, 4) is 0 Å². The fourth-order valence-corrected chi connectivity index (χ4v) is 3.63. The topological polar surface area (TPSA) is 92.2 Å². The number of nitrogen functional groups attached to an aromatic ring is 1. The largest absolute Gasteiger partial charge is 0.398 e. The van der Waals surface area contributed by atoms with Gasteiger partial charge in [-0.1, -0.05) is 19.6 Å². The summed E-state index contributed by atoms with van der Waals surface area (Å²) in [7, 11) is 1.86. The van der Waals surface area contributed by atoms with Crippen molar-refractivity contribution < 1.29 is 0 Å². The predicted octanol–water partition coefficient (Wildman–Crippen LogP) is 2.82. The molecule has 28 heavy (non-hydrogen) atoms. The second-order valence-electron chi connectivity index (χ2n) is 8.18. The lowest BCUT2D eigenvalue weighted by Gasteiger charge is -2.36. The second-order valence-corrected chi connectivity index (χ2v) is 8.18. The zero-order valence-electron chi connectivity index (χ0n) is 17.0. The minimum absolute atomic E-state index is 0.164. The number of allylic oxidation sites excluding steroid dienone is 1. The van der Waals surface area contributed by atoms with Crippen molar-refractivity contribution in [2.75, 3.05) is 39.0 Å². The number of nitrogens with two attached hydrogens (primary N) is 1. The van der Waals surface area contributed by atoms with Gasteiger partial charge >= 0.3 is 0 Å². The molecular weight excluding hydrogens is 348 g/mol. The quantitative estimate of drug-likeness (QED) is 0.412. The van der Waals surface area contributed by atoms with Crippen molar-refractivity contribution >= 4 is 17.1 Å². The number of benzene rings is 1. The highest BCUT2D eigenvalue weighted by Crippen LogP contribution is 2.47. The fourth-order valence-electron chi connectivity index (χ4n) is 3.63. The highest BCUT2D eigenvalue weighted by molar-refractivity contribution is 6.50. The molecule has 2 fully saturated rings. The molecule has 0 spiro atoms. The summed E-state index contributed by atoms with van der Waals surface area (Å²) in [6, 6.07) is 5.91. The summed E-state index contributed by atoms with van der Waals surface area (Å²) in [5, 5.41) is 20.2. The Bertz CT molecular complexity index is 797. The SMILES string of the molecule is C=CN1CCN(/C(=C/C(=N)C(=N)c2cc(CC3(C)CC3)ccc2N)NC)CC1. The molecule has 0 bridgehead atoms. The van der Waals surface area contributed by atoms with Gasteiger partial charge in [-0.25, -0.2) is 0 Å². The van der Waals surface area contributed by atoms with Crippen molar-refractivity contribution in [2.24, 2.45) is 5.41 Å². The first-order chi connectivity index (χ1) is 13.3. The first-order valence-electron chi connectivity index (χ1n) is 9.92. The lowest BCUT2D eigenvalue weighted by Crippen LogP contribution is -2.45. The van der Waals surface area contributed by atoms with Gasteiger partial charge in [0.2, 0.25) is 0 Å². The zero-order chi connectivity index (χ0) is 20.3. The van der Waals surface area contributed by atoms with E-state index in [1.54, 1.807) is 6.08 Å². The van der Waals surface area contributed by atoms with E-state index in [1.807, 2.05) is 31.4 Å². The maximum Gasteiger partial charge on any atom is 0.103 e. The van der Waals surface area contributed by atoms with E-state index in [0.717, 1.165) is 38.4 Å². The maximum absolute atomic E-state index is 8.55. The van der Waals surface area contributed by atoms with Crippen LogP contribution < -0.4 is 11.1 Å². The summed E-state index contributed by atoms with van der Waals surface area (Å²) in [5.41, 5.74) is 9.27. The lowest BCUT2D eigenvalue weighted by molar-refractivity contribution is 0.197. The van der Waals surface area contributed by atoms with Crippen LogP contribution in [0.2, 0.25) is 0 Å². The molecule has 6 heteroatoms. The molecular formula is C22H32N6. The highest BCUT2D eigenvalue weighted by Gasteiger charge is 2.37. The van der Waals surface area contributed by atoms with Crippen molar-refractivity contribution in [1.29, 1.82) is 10.8 Å². The van der Waals surface area contributed by atoms with Crippen LogP contribution in [0.15, 0.2) is 42.9 Å². The third-order valence-corrected chi connectivity index (χ3v) is 5.84. The highest BCUT2D eigenvalue weighted by atomic mass is 15.3. The van der Waals surface area contributed by atoms with E-state index < -0.39 is 0 Å². The first-order valence-corrected chi connectivity index (χ1v) is 9.92. The number of hydrogen-bond acceptors (Lipinski definition) is 6. The van der Waals surface area contributed by atoms with E-state index in [1.165, 1.54) is 18.4 Å². The van der Waals surface area contributed by atoms with Crippen LogP contribution in [0.1, 0.15) is 30.9 Å². The Balaban J connectivity index is 1.74. The minimum Gasteiger partial charge on any atom is -0.398 e. The molecule has 0 amide bonds. The van der Waals surface area contributed by atoms with Crippen LogP contribution in [0.25, 0.3) is 0 Å². The molecule has 1 aliphatic heterocycles. The van der Waals surface area contributed by atoms with Crippen LogP contribution in [0.5, 0.6) is 0 Å². The number of rotatable bonds is 8. The van der Waals surface area contributed by atoms with E-state index in [9.17, 15) is 0 Å². The summed E-state index contributed by atoms with van der Waals surface area (Å²) >= 11 is 0. The molecule has 1 aromatic rings. The van der Waals surface area contributed by atoms with Gasteiger partial charge in [-0.05, 0) is 48.6 Å². The van der Waals surface area contributed by atoms with Crippen molar-refractivity contribution in [3.05, 3.63) is 54.0 Å². The molecule has 0 atom stereocenters. The molecule has 5 N–H and O–H groups in total. The minimum atomic E-state index is 0.164. The third kappa shape index (κ3) is 4.55. The van der Waals surface area contributed by atoms with E-state index in [0.29, 0.717) is 16.7 Å². The van der Waals surface area contributed by atoms with Gasteiger partial charge in [0, 0.05) is 50.6 Å². The molecule has 6 nitrogen and oxygen atoms in total. The molecule has 150 valence electrons. The van der Waals surface area contributed by atoms with Crippen LogP contribution in [0, 0.1) is 16.2 Å². The Morgan fingerprint density at radius 2 is 1.93 bits per heavy atom. The molecule has 1 saturated carbocycles. The average molecular weight is 381 g/mol. The Labute approximate surface area is 168 Å². The van der Waals surface area contributed by atoms with Crippen LogP contribution in [-0.4, -0.2) is 54.4 Å². The summed E-state index contributed by atoms with van der Waals surface area (Å²) in [4.78, 5) is 4.39. The van der Waals surface area contributed by atoms with Gasteiger partial charge in [0.1, 0.15) is 5.82 Å². The number of piperazine rings is 1. The van der Waals surface area contributed by atoms with Gasteiger partial charge in [0.05, 0.1) is 11.4 Å². The Morgan fingerprint density at radius 3 is 2.50 bits per heavy atom. The van der Waals surface area contributed by atoms with Crippen LogP contribution in [-0.2, 0) is 6.42 Å². The normalized spacial score (nSPS) is 18.6. The van der Waals surface area contributed by atoms with Crippen LogP contribution in [0.4, 0.5) is 5.69 Å². The zero-order valence-corrected chi connectivity index (χ0v) is 17.0. The standard InChI is InChI=1S/C22H32N6/c1-4-27-9-11-28(12-10-27)20(26-3)14-19(24)21(25)17-13-16(5-6-18(17)23)15-22(2)7-8-22/h4-6,13-14,24-26H,1,7-12,15,23H2,2-3H3/b20-14+,24-19?,25-21?. The Morgan fingerprint density at radius 1 is 1.25 bits per heavy atom. The maximum atomic E-state index is 8.55. The molecule has 0 aromatic heterocycles. The van der Waals surface area contributed by atoms with Crippen molar-refractivity contribution in [3.63, 3.8) is 0 Å². The Kier molecular flexibility index (Phi) is 5.77. The number of hydrogen-bond donors (Lipinski definition) is 4. The summed E-state index contributed by atoms with van der Waals surface area (Å²) in [6.45, 7) is 9.64. The smallest absolute Gasteiger partial charge is 0.103 e. The molecule has 0 unspecified atom stereocenters. The van der Waals surface area contributed by atoms with Gasteiger partial charge in [-0.2, -0.15) is 0 Å². The van der Waals surface area contributed by atoms with Gasteiger partial charge in [-0.3, -0.25) is 10.8 Å². The molecule has 1 saturated heterocycles. The monoisotopic (exact) mass is 380 g/mol. The summed E-state index contributed by atoms with van der Waals surface area (Å²) in [5.74, 6) is 0.860. The van der Waals surface area contributed by atoms with E-state index in [2.05, 4.69) is 28.6 Å². The molecule has 2 aliphatic rings. The van der Waals surface area contributed by atoms with E-state index in [-0.39, 0.29) is 11.4 Å². The third-order valence-electron chi connectivity index (χ3n) is 5.84. The van der Waals surface area contributed by atoms with E-state index in [4.69, 9.17) is 16.6 Å². The van der Waals surface area contributed by atoms with Crippen LogP contribution in [0.3, 0.4) is 0 Å². The van der Waals surface area contributed by atoms with Gasteiger partial charge in [0.15, 0.2) is 0 Å². The first kappa shape index (κ1) is 20.0. The molecule has 1 aromatic carbocycles. The summed E-state index contributed by atoms with van der Waals surface area (Å²) in [6.07, 6.45) is 7.13. The number of anilines is 1. The number of nitrogens with zero attached hydrogens (tertiary/aromatic N) is 2. The average Bonchev–Trinajstić information content (AvgIpc) is 3.43. The van der Waals surface area contributed by atoms with Gasteiger partial charge in [-0.15, -0.1) is 0 Å². The van der Waals surface area contributed by atoms with Gasteiger partial charge in [0.25, 0.3) is 0 Å². The predicted molar refractivity (Wildman–Crippen MR) is 117 cm³/mol. The molecule has 1 aliphatic carbocycles. The Hall–Kier alpha value is -2.76. The second kappa shape index (κ2) is 8.09.